The van der Waals surface area contributed by atoms with Crippen LogP contribution in [-0.2, 0) is 51.1 Å². The first kappa shape index (κ1) is 77.5. The monoisotopic (exact) mass is 1300 g/mol. The Morgan fingerprint density at radius 3 is 1.10 bits per heavy atom. The lowest BCUT2D eigenvalue weighted by atomic mass is 10.1. The summed E-state index contributed by atoms with van der Waals surface area (Å²) in [6, 6.07) is 0. The molecular weight excluding hydrogens is 1210 g/mol. The number of aliphatic hydroxyl groups is 2. The van der Waals surface area contributed by atoms with Gasteiger partial charge in [0.2, 0.25) is 23.5 Å². The van der Waals surface area contributed by atoms with Crippen molar-refractivity contribution in [1.29, 1.82) is 0 Å². The second-order valence-corrected chi connectivity index (χ2v) is 22.5. The molecule has 29 heteroatoms. The average Bonchev–Trinajstić information content (AvgIpc) is 1.22. The van der Waals surface area contributed by atoms with Gasteiger partial charge in [-0.1, -0.05) is 13.8 Å². The lowest BCUT2D eigenvalue weighted by Gasteiger charge is -2.28. The Morgan fingerprint density at radius 2 is 0.761 bits per heavy atom. The van der Waals surface area contributed by atoms with Crippen LogP contribution in [0.25, 0.3) is 0 Å². The van der Waals surface area contributed by atoms with Crippen LogP contribution in [0.15, 0.2) is 36.4 Å². The first-order valence-corrected chi connectivity index (χ1v) is 32.5. The SMILES string of the molecule is CCc1nc[nH]c(=O)c1C.CCc1ncnc(OC2CCNCC2)c1C.Cc1c(CCl)ncnc1OC1CCNCC1.Cc1c(CN2CCNCC2)ncnc1OC1CCNCC1.Cc1c(CO)ncnc1OC1CCNCC1.O=C=O.O=C=O.OC1CCNCC1. The summed E-state index contributed by atoms with van der Waals surface area (Å²) in [4.78, 5) is 86.0. The van der Waals surface area contributed by atoms with Gasteiger partial charge in [0.1, 0.15) is 49.7 Å². The van der Waals surface area contributed by atoms with Crippen molar-refractivity contribution >= 4 is 23.9 Å². The molecule has 6 fully saturated rings. The first-order valence-electron chi connectivity index (χ1n) is 32.0. The fourth-order valence-corrected chi connectivity index (χ4v) is 10.5. The third-order valence-electron chi connectivity index (χ3n) is 15.9. The van der Waals surface area contributed by atoms with Gasteiger partial charge in [0, 0.05) is 60.5 Å². The number of carbonyl (C=O) groups excluding carboxylic acids is 4. The lowest BCUT2D eigenvalue weighted by molar-refractivity contribution is -0.193. The number of hydrogen-bond acceptors (Lipinski definition) is 27. The zero-order valence-electron chi connectivity index (χ0n) is 54.7. The Morgan fingerprint density at radius 1 is 0.457 bits per heavy atom. The standard InChI is InChI=1S/C15H25N5O.C12H19N3O.C11H16ClN3O.C11H17N3O2.C7H10N2O.C5H11NO.2CO2/c1-12-14(10-20-8-6-17-7-9-20)18-11-19-15(12)21-13-2-4-16-5-3-13;1-3-11-9(2)12(15-8-14-11)16-10-4-6-13-7-5-10;1-8-10(6-12)14-7-15-11(8)16-9-2-4-13-5-3-9;1-8-10(6-15)13-7-14-11(8)16-9-2-4-12-5-3-9;1-3-6-5(2)7(10)9-4-8-6;7-5-1-3-6-4-2-5;2*2-1-3/h11,13,16-17H,2-10H2,1H3;8,10,13H,3-7H2,1-2H3;7,9,13H,2-6H2,1H3;7,9,12,15H,2-6H2,1H3;4H,3H2,1-2H3,(H,8,9,10);5-7H,1-4H2;;. The molecule has 508 valence electrons. The highest BCUT2D eigenvalue weighted by molar-refractivity contribution is 6.17. The van der Waals surface area contributed by atoms with Gasteiger partial charge in [0.15, 0.2) is 0 Å². The Balaban J connectivity index is 0.000000236. The van der Waals surface area contributed by atoms with Gasteiger partial charge in [-0.25, -0.2) is 44.9 Å². The molecule has 5 aromatic heterocycles. The number of aromatic nitrogens is 10. The molecule has 0 saturated carbocycles. The van der Waals surface area contributed by atoms with E-state index < -0.39 is 0 Å². The number of piperidine rings is 5. The van der Waals surface area contributed by atoms with E-state index in [-0.39, 0.29) is 48.9 Å². The predicted octanol–water partition coefficient (Wildman–Crippen LogP) is 3.07. The third-order valence-corrected chi connectivity index (χ3v) is 16.1. The van der Waals surface area contributed by atoms with Crippen LogP contribution in [0.3, 0.4) is 0 Å². The fraction of sp³-hybridized carbons (Fsp3) is 0.651. The maximum atomic E-state index is 10.9. The van der Waals surface area contributed by atoms with Crippen LogP contribution in [0.2, 0.25) is 0 Å². The number of alkyl halides is 1. The Bertz CT molecular complexity index is 2750. The number of halogens is 1. The van der Waals surface area contributed by atoms with E-state index >= 15 is 0 Å². The van der Waals surface area contributed by atoms with Crippen molar-refractivity contribution in [2.45, 2.75) is 175 Å². The number of piperazine rings is 1. The summed E-state index contributed by atoms with van der Waals surface area (Å²) in [6.45, 7) is 29.0. The molecule has 11 heterocycles. The predicted molar refractivity (Wildman–Crippen MR) is 343 cm³/mol. The van der Waals surface area contributed by atoms with Crippen LogP contribution in [-0.4, -0.2) is 199 Å². The third kappa shape index (κ3) is 28.9. The van der Waals surface area contributed by atoms with E-state index in [1.54, 1.807) is 19.6 Å². The molecule has 0 atom stereocenters. The topological polar surface area (TPSA) is 370 Å². The molecule has 92 heavy (non-hydrogen) atoms. The van der Waals surface area contributed by atoms with Crippen LogP contribution < -0.4 is 56.4 Å². The minimum atomic E-state index is -0.0725. The average molecular weight is 1310 g/mol. The highest BCUT2D eigenvalue weighted by Crippen LogP contribution is 2.25. The molecule has 0 bridgehead atoms. The van der Waals surface area contributed by atoms with Crippen molar-refractivity contribution in [3.63, 3.8) is 0 Å². The summed E-state index contributed by atoms with van der Waals surface area (Å²) in [6.07, 6.45) is 21.1. The van der Waals surface area contributed by atoms with Gasteiger partial charge in [-0.05, 0) is 177 Å². The van der Waals surface area contributed by atoms with E-state index in [0.29, 0.717) is 29.4 Å². The summed E-state index contributed by atoms with van der Waals surface area (Å²) in [5.74, 6) is 3.21. The van der Waals surface area contributed by atoms with Gasteiger partial charge >= 0.3 is 12.3 Å². The molecule has 28 nitrogen and oxygen atoms in total. The van der Waals surface area contributed by atoms with Crippen molar-refractivity contribution in [3.05, 3.63) is 98.3 Å². The van der Waals surface area contributed by atoms with E-state index in [4.69, 9.17) is 59.9 Å². The maximum Gasteiger partial charge on any atom is 0.373 e. The number of aliphatic hydroxyl groups excluding tert-OH is 2. The number of nitrogens with zero attached hydrogens (tertiary/aromatic N) is 10. The summed E-state index contributed by atoms with van der Waals surface area (Å²) in [5.41, 5.74) is 9.20. The molecule has 0 aliphatic carbocycles. The van der Waals surface area contributed by atoms with Gasteiger partial charge in [-0.3, -0.25) is 9.69 Å². The maximum absolute atomic E-state index is 10.9. The molecule has 0 unspecified atom stereocenters. The smallest absolute Gasteiger partial charge is 0.373 e. The molecule has 6 aliphatic heterocycles. The number of aromatic amines is 1. The quantitative estimate of drug-likeness (QED) is 0.0721. The molecule has 0 radical (unpaired) electrons. The molecule has 0 aromatic carbocycles. The van der Waals surface area contributed by atoms with E-state index in [2.05, 4.69) is 100 Å². The van der Waals surface area contributed by atoms with Crippen molar-refractivity contribution in [1.82, 2.24) is 86.6 Å². The van der Waals surface area contributed by atoms with E-state index in [1.807, 2.05) is 27.7 Å². The summed E-state index contributed by atoms with van der Waals surface area (Å²) < 4.78 is 23.7. The van der Waals surface area contributed by atoms with E-state index in [9.17, 15) is 4.79 Å². The Hall–Kier alpha value is -6.91. The van der Waals surface area contributed by atoms with Gasteiger partial charge in [-0.15, -0.1) is 11.6 Å². The minimum absolute atomic E-state index is 0.0266. The zero-order valence-corrected chi connectivity index (χ0v) is 55.5. The Labute approximate surface area is 545 Å². The summed E-state index contributed by atoms with van der Waals surface area (Å²) in [5, 5.41) is 37.8. The van der Waals surface area contributed by atoms with Crippen molar-refractivity contribution in [2.75, 3.05) is 91.6 Å². The number of H-pyrrole nitrogens is 1. The highest BCUT2D eigenvalue weighted by atomic mass is 35.5. The second-order valence-electron chi connectivity index (χ2n) is 22.2. The molecular formula is C63H98ClN17O11. The van der Waals surface area contributed by atoms with E-state index in [1.165, 1.54) is 19.0 Å². The largest absolute Gasteiger partial charge is 0.474 e. The van der Waals surface area contributed by atoms with Gasteiger partial charge < -0.3 is 66.0 Å². The number of nitrogens with one attached hydrogen (secondary N) is 7. The van der Waals surface area contributed by atoms with Crippen LogP contribution in [0.5, 0.6) is 23.5 Å². The van der Waals surface area contributed by atoms with Crippen molar-refractivity contribution in [2.24, 2.45) is 0 Å². The molecule has 0 amide bonds. The number of rotatable bonds is 14. The lowest BCUT2D eigenvalue weighted by Crippen LogP contribution is -2.43. The van der Waals surface area contributed by atoms with Crippen molar-refractivity contribution < 1.29 is 48.3 Å². The van der Waals surface area contributed by atoms with Crippen LogP contribution in [0.1, 0.15) is 134 Å². The molecule has 11 rings (SSSR count). The molecule has 5 aromatic rings. The number of ether oxygens (including phenoxy) is 4. The minimum Gasteiger partial charge on any atom is -0.474 e. The molecule has 6 aliphatic rings. The fourth-order valence-electron chi connectivity index (χ4n) is 10.2. The number of aryl methyl sites for hydroxylation is 2. The van der Waals surface area contributed by atoms with Crippen LogP contribution >= 0.6 is 11.6 Å². The van der Waals surface area contributed by atoms with Crippen LogP contribution in [0.4, 0.5) is 0 Å². The summed E-state index contributed by atoms with van der Waals surface area (Å²) >= 11 is 5.79. The highest BCUT2D eigenvalue weighted by Gasteiger charge is 2.22. The first-order chi connectivity index (χ1) is 44.7. The molecule has 6 saturated heterocycles. The van der Waals surface area contributed by atoms with Crippen molar-refractivity contribution in [3.8, 4) is 23.5 Å². The molecule has 0 spiro atoms. The van der Waals surface area contributed by atoms with Crippen LogP contribution in [0, 0.1) is 34.6 Å². The van der Waals surface area contributed by atoms with Gasteiger partial charge in [0.05, 0.1) is 53.4 Å². The van der Waals surface area contributed by atoms with E-state index in [0.717, 1.165) is 238 Å². The van der Waals surface area contributed by atoms with Gasteiger partial charge in [0.25, 0.3) is 5.56 Å². The second kappa shape index (κ2) is 46.2. The normalized spacial score (nSPS) is 17.1. The Kier molecular flexibility index (Phi) is 38.9. The molecule has 9 N–H and O–H groups in total. The zero-order chi connectivity index (χ0) is 66.7. The summed E-state index contributed by atoms with van der Waals surface area (Å²) in [7, 11) is 0. The number of hydrogen-bond donors (Lipinski definition) is 9. The van der Waals surface area contributed by atoms with Gasteiger partial charge in [-0.2, -0.15) is 19.2 Å².